The van der Waals surface area contributed by atoms with Crippen LogP contribution in [0.15, 0.2) is 77.6 Å². The van der Waals surface area contributed by atoms with Gasteiger partial charge in [-0.25, -0.2) is 9.49 Å². The van der Waals surface area contributed by atoms with Crippen LogP contribution in [0.1, 0.15) is 27.2 Å². The zero-order valence-electron chi connectivity index (χ0n) is 20.3. The molecule has 0 spiro atoms. The van der Waals surface area contributed by atoms with E-state index in [0.29, 0.717) is 42.4 Å². The molecule has 2 unspecified atom stereocenters. The molecular weight excluding hydrogens is 491 g/mol. The first-order valence-electron chi connectivity index (χ1n) is 12.4. The van der Waals surface area contributed by atoms with Gasteiger partial charge in [-0.15, -0.1) is 12.4 Å². The van der Waals surface area contributed by atoms with E-state index in [4.69, 9.17) is 0 Å². The highest BCUT2D eigenvalue weighted by molar-refractivity contribution is 5.95. The molecule has 6 rings (SSSR count). The van der Waals surface area contributed by atoms with Crippen molar-refractivity contribution in [1.82, 2.24) is 20.0 Å². The zero-order valence-corrected chi connectivity index (χ0v) is 21.1. The van der Waals surface area contributed by atoms with Crippen LogP contribution >= 0.6 is 12.4 Å². The minimum atomic E-state index is -0.509. The van der Waals surface area contributed by atoms with Crippen LogP contribution in [0.2, 0.25) is 0 Å². The molecule has 2 atom stereocenters. The molecule has 2 fully saturated rings. The minimum absolute atomic E-state index is 0. The Bertz CT molecular complexity index is 1480. The third kappa shape index (κ3) is 5.02. The molecule has 8 heteroatoms. The molecule has 2 aliphatic rings. The van der Waals surface area contributed by atoms with Gasteiger partial charge < -0.3 is 4.90 Å². The number of likely N-dealkylation sites (tertiary alicyclic amines) is 2. The van der Waals surface area contributed by atoms with Crippen LogP contribution in [0.3, 0.4) is 0 Å². The van der Waals surface area contributed by atoms with Crippen molar-refractivity contribution in [3.63, 3.8) is 0 Å². The van der Waals surface area contributed by atoms with Crippen molar-refractivity contribution in [3.8, 4) is 0 Å². The van der Waals surface area contributed by atoms with Crippen molar-refractivity contribution in [3.05, 3.63) is 111 Å². The van der Waals surface area contributed by atoms with E-state index in [9.17, 15) is 14.0 Å². The number of H-pyrrole nitrogens is 1. The topological polar surface area (TPSA) is 69.3 Å². The lowest BCUT2D eigenvalue weighted by Gasteiger charge is -2.22. The van der Waals surface area contributed by atoms with E-state index < -0.39 is 5.82 Å². The maximum atomic E-state index is 14.8. The summed E-state index contributed by atoms with van der Waals surface area (Å²) in [7, 11) is 0. The smallest absolute Gasteiger partial charge is 0.272 e. The Hall–Kier alpha value is -3.55. The number of benzene rings is 3. The number of hydrogen-bond acceptors (Lipinski definition) is 4. The summed E-state index contributed by atoms with van der Waals surface area (Å²) in [5, 5.41) is 8.08. The average Bonchev–Trinajstić information content (AvgIpc) is 3.46. The molecule has 3 aromatic carbocycles. The van der Waals surface area contributed by atoms with Crippen LogP contribution in [0, 0.1) is 17.7 Å². The first-order chi connectivity index (χ1) is 17.5. The Morgan fingerprint density at radius 2 is 1.57 bits per heavy atom. The number of nitrogens with one attached hydrogen (secondary N) is 1. The molecule has 37 heavy (non-hydrogen) atoms. The SMILES string of the molecule is Cl.O=C(c1cc(Cc2n[nH]c(=O)c3ccccc23)ccc1F)N1CC2CN(Cc3ccccc3)CC2C1. The van der Waals surface area contributed by atoms with Gasteiger partial charge in [0.1, 0.15) is 5.82 Å². The maximum Gasteiger partial charge on any atom is 0.272 e. The number of halogens is 2. The Balaban J connectivity index is 0.00000280. The fraction of sp³-hybridized carbons (Fsp3) is 0.276. The Labute approximate surface area is 220 Å². The predicted octanol–water partition coefficient (Wildman–Crippen LogP) is 4.28. The van der Waals surface area contributed by atoms with Crippen LogP contribution in [0.5, 0.6) is 0 Å². The third-order valence-corrected chi connectivity index (χ3v) is 7.51. The quantitative estimate of drug-likeness (QED) is 0.428. The van der Waals surface area contributed by atoms with E-state index in [1.165, 1.54) is 11.6 Å². The summed E-state index contributed by atoms with van der Waals surface area (Å²) in [5.74, 6) is 0.0738. The van der Waals surface area contributed by atoms with Gasteiger partial charge in [-0.2, -0.15) is 5.10 Å². The number of carbonyl (C=O) groups excluding carboxylic acids is 1. The van der Waals surface area contributed by atoms with Crippen LogP contribution in [0.4, 0.5) is 4.39 Å². The Morgan fingerprint density at radius 1 is 0.892 bits per heavy atom. The first kappa shape index (κ1) is 25.1. The predicted molar refractivity (Wildman–Crippen MR) is 143 cm³/mol. The van der Waals surface area contributed by atoms with Gasteiger partial charge in [0.15, 0.2) is 0 Å². The highest BCUT2D eigenvalue weighted by atomic mass is 35.5. The van der Waals surface area contributed by atoms with Crippen molar-refractivity contribution in [1.29, 1.82) is 0 Å². The molecule has 1 N–H and O–H groups in total. The van der Waals surface area contributed by atoms with Crippen LogP contribution in [-0.2, 0) is 13.0 Å². The van der Waals surface area contributed by atoms with E-state index in [-0.39, 0.29) is 29.4 Å². The lowest BCUT2D eigenvalue weighted by molar-refractivity contribution is 0.0768. The van der Waals surface area contributed by atoms with Crippen LogP contribution in [-0.4, -0.2) is 52.1 Å². The number of carbonyl (C=O) groups is 1. The van der Waals surface area contributed by atoms with Crippen molar-refractivity contribution in [2.24, 2.45) is 11.8 Å². The van der Waals surface area contributed by atoms with Gasteiger partial charge in [0.25, 0.3) is 11.5 Å². The summed E-state index contributed by atoms with van der Waals surface area (Å²) in [4.78, 5) is 29.7. The number of rotatable bonds is 5. The van der Waals surface area contributed by atoms with Gasteiger partial charge in [-0.3, -0.25) is 14.5 Å². The summed E-state index contributed by atoms with van der Waals surface area (Å²) in [6, 6.07) is 22.4. The van der Waals surface area contributed by atoms with Crippen molar-refractivity contribution < 1.29 is 9.18 Å². The largest absolute Gasteiger partial charge is 0.338 e. The molecule has 6 nitrogen and oxygen atoms in total. The second-order valence-corrected chi connectivity index (χ2v) is 9.95. The summed E-state index contributed by atoms with van der Waals surface area (Å²) < 4.78 is 14.8. The van der Waals surface area contributed by atoms with E-state index in [1.807, 2.05) is 29.2 Å². The third-order valence-electron chi connectivity index (χ3n) is 7.51. The molecular formula is C29H28ClFN4O2. The van der Waals surface area contributed by atoms with E-state index in [1.54, 1.807) is 18.2 Å². The Morgan fingerprint density at radius 3 is 2.30 bits per heavy atom. The Kier molecular flexibility index (Phi) is 7.09. The maximum absolute atomic E-state index is 14.8. The van der Waals surface area contributed by atoms with Gasteiger partial charge >= 0.3 is 0 Å². The van der Waals surface area contributed by atoms with Crippen molar-refractivity contribution >= 4 is 29.1 Å². The molecule has 0 radical (unpaired) electrons. The molecule has 190 valence electrons. The van der Waals surface area contributed by atoms with Gasteiger partial charge in [0.05, 0.1) is 16.6 Å². The molecule has 1 aromatic heterocycles. The molecule has 1 amide bonds. The van der Waals surface area contributed by atoms with Gasteiger partial charge in [0, 0.05) is 44.5 Å². The average molecular weight is 519 g/mol. The van der Waals surface area contributed by atoms with Gasteiger partial charge in [0.2, 0.25) is 0 Å². The second kappa shape index (κ2) is 10.4. The molecule has 0 bridgehead atoms. The molecule has 0 aliphatic carbocycles. The zero-order chi connectivity index (χ0) is 24.6. The second-order valence-electron chi connectivity index (χ2n) is 9.95. The van der Waals surface area contributed by atoms with E-state index >= 15 is 0 Å². The number of aromatic nitrogens is 2. The summed E-state index contributed by atoms with van der Waals surface area (Å²) in [5.41, 5.74) is 2.62. The standard InChI is InChI=1S/C29H27FN4O2.ClH/c30-26-11-10-20(13-27-23-8-4-5-9-24(23)28(35)32-31-27)12-25(26)29(36)34-17-21-15-33(16-22(21)18-34)14-19-6-2-1-3-7-19;/h1-12,21-22H,13-18H2,(H,32,35);1H. The lowest BCUT2D eigenvalue weighted by Crippen LogP contribution is -2.33. The number of fused-ring (bicyclic) bond motifs is 2. The van der Waals surface area contributed by atoms with E-state index in [2.05, 4.69) is 39.4 Å². The van der Waals surface area contributed by atoms with Crippen molar-refractivity contribution in [2.45, 2.75) is 13.0 Å². The van der Waals surface area contributed by atoms with Crippen LogP contribution < -0.4 is 5.56 Å². The highest BCUT2D eigenvalue weighted by Gasteiger charge is 2.42. The molecule has 0 saturated carbocycles. The first-order valence-corrected chi connectivity index (χ1v) is 12.4. The summed E-state index contributed by atoms with van der Waals surface area (Å²) >= 11 is 0. The van der Waals surface area contributed by atoms with Crippen LogP contribution in [0.25, 0.3) is 10.8 Å². The number of amides is 1. The monoisotopic (exact) mass is 518 g/mol. The summed E-state index contributed by atoms with van der Waals surface area (Å²) in [6.45, 7) is 4.15. The normalized spacial score (nSPS) is 19.1. The number of aromatic amines is 1. The molecule has 2 saturated heterocycles. The van der Waals surface area contributed by atoms with Gasteiger partial charge in [-0.05, 0) is 41.2 Å². The molecule has 4 aromatic rings. The molecule has 3 heterocycles. The summed E-state index contributed by atoms with van der Waals surface area (Å²) in [6.07, 6.45) is 0.386. The minimum Gasteiger partial charge on any atom is -0.338 e. The number of nitrogens with zero attached hydrogens (tertiary/aromatic N) is 3. The fourth-order valence-electron chi connectivity index (χ4n) is 5.74. The number of hydrogen-bond donors (Lipinski definition) is 1. The fourth-order valence-corrected chi connectivity index (χ4v) is 5.74. The van der Waals surface area contributed by atoms with Crippen molar-refractivity contribution in [2.75, 3.05) is 26.2 Å². The molecule has 2 aliphatic heterocycles. The highest BCUT2D eigenvalue weighted by Crippen LogP contribution is 2.33. The lowest BCUT2D eigenvalue weighted by atomic mass is 10.0. The van der Waals surface area contributed by atoms with E-state index in [0.717, 1.165) is 30.6 Å². The van der Waals surface area contributed by atoms with Gasteiger partial charge in [-0.1, -0.05) is 54.6 Å².